The summed E-state index contributed by atoms with van der Waals surface area (Å²) in [6.45, 7) is 7.08. The van der Waals surface area contributed by atoms with Crippen LogP contribution in [0.4, 0.5) is 11.8 Å². The molecule has 0 saturated carbocycles. The lowest BCUT2D eigenvalue weighted by Crippen LogP contribution is -2.10. The van der Waals surface area contributed by atoms with Crippen LogP contribution in [0.3, 0.4) is 0 Å². The number of ether oxygens (including phenoxy) is 1. The van der Waals surface area contributed by atoms with Crippen LogP contribution in [0.25, 0.3) is 0 Å². The second-order valence-electron chi connectivity index (χ2n) is 4.92. The van der Waals surface area contributed by atoms with Gasteiger partial charge in [-0.3, -0.25) is 0 Å². The first-order valence-corrected chi connectivity index (χ1v) is 7.28. The van der Waals surface area contributed by atoms with Gasteiger partial charge in [0, 0.05) is 24.8 Å². The van der Waals surface area contributed by atoms with Crippen molar-refractivity contribution in [1.29, 1.82) is 0 Å². The highest BCUT2D eigenvalue weighted by molar-refractivity contribution is 5.42. The van der Waals surface area contributed by atoms with Crippen molar-refractivity contribution in [2.75, 3.05) is 30.8 Å². The summed E-state index contributed by atoms with van der Waals surface area (Å²) >= 11 is 0. The largest absolute Gasteiger partial charge is 0.497 e. The third-order valence-corrected chi connectivity index (χ3v) is 3.11. The van der Waals surface area contributed by atoms with Gasteiger partial charge in [-0.15, -0.1) is 6.58 Å². The van der Waals surface area contributed by atoms with Gasteiger partial charge in [0.2, 0.25) is 5.95 Å². The van der Waals surface area contributed by atoms with Gasteiger partial charge in [-0.25, -0.2) is 4.98 Å². The summed E-state index contributed by atoms with van der Waals surface area (Å²) in [4.78, 5) is 8.82. The molecule has 116 valence electrons. The quantitative estimate of drug-likeness (QED) is 0.734. The van der Waals surface area contributed by atoms with Crippen LogP contribution in [0.15, 0.2) is 43.0 Å². The number of rotatable bonds is 8. The van der Waals surface area contributed by atoms with E-state index in [0.717, 1.165) is 30.2 Å². The molecule has 5 heteroatoms. The number of aromatic nitrogens is 2. The highest BCUT2D eigenvalue weighted by atomic mass is 16.5. The molecule has 1 aromatic heterocycles. The molecule has 1 heterocycles. The van der Waals surface area contributed by atoms with Crippen LogP contribution in [-0.2, 0) is 6.42 Å². The van der Waals surface area contributed by atoms with Gasteiger partial charge in [-0.1, -0.05) is 18.2 Å². The average molecular weight is 298 g/mol. The lowest BCUT2D eigenvalue weighted by Gasteiger charge is -2.09. The van der Waals surface area contributed by atoms with E-state index < -0.39 is 0 Å². The summed E-state index contributed by atoms with van der Waals surface area (Å²) in [5, 5.41) is 6.43. The zero-order valence-corrected chi connectivity index (χ0v) is 13.1. The van der Waals surface area contributed by atoms with Crippen LogP contribution in [0.2, 0.25) is 0 Å². The number of benzene rings is 1. The van der Waals surface area contributed by atoms with Gasteiger partial charge >= 0.3 is 0 Å². The number of nitrogens with one attached hydrogen (secondary N) is 2. The molecule has 0 bridgehead atoms. The predicted molar refractivity (Wildman–Crippen MR) is 90.6 cm³/mol. The summed E-state index contributed by atoms with van der Waals surface area (Å²) in [6.07, 6.45) is 2.68. The van der Waals surface area contributed by atoms with E-state index in [2.05, 4.69) is 33.2 Å². The van der Waals surface area contributed by atoms with Gasteiger partial charge < -0.3 is 15.4 Å². The zero-order chi connectivity index (χ0) is 15.8. The highest BCUT2D eigenvalue weighted by Crippen LogP contribution is 2.13. The Morgan fingerprint density at radius 1 is 1.23 bits per heavy atom. The third kappa shape index (κ3) is 4.77. The summed E-state index contributed by atoms with van der Waals surface area (Å²) in [5.41, 5.74) is 2.13. The van der Waals surface area contributed by atoms with Gasteiger partial charge in [0.15, 0.2) is 0 Å². The molecule has 0 aliphatic heterocycles. The normalized spacial score (nSPS) is 10.1. The van der Waals surface area contributed by atoms with E-state index in [4.69, 9.17) is 4.74 Å². The van der Waals surface area contributed by atoms with Crippen molar-refractivity contribution < 1.29 is 4.74 Å². The van der Waals surface area contributed by atoms with E-state index in [1.54, 1.807) is 13.2 Å². The Balaban J connectivity index is 1.93. The fraction of sp³-hybridized carbons (Fsp3) is 0.294. The van der Waals surface area contributed by atoms with Crippen LogP contribution in [0, 0.1) is 6.92 Å². The monoisotopic (exact) mass is 298 g/mol. The number of nitrogens with zero attached hydrogens (tertiary/aromatic N) is 2. The third-order valence-electron chi connectivity index (χ3n) is 3.11. The van der Waals surface area contributed by atoms with E-state index in [0.29, 0.717) is 12.5 Å². The maximum Gasteiger partial charge on any atom is 0.224 e. The van der Waals surface area contributed by atoms with Crippen molar-refractivity contribution in [3.8, 4) is 5.75 Å². The molecule has 0 radical (unpaired) electrons. The topological polar surface area (TPSA) is 59.1 Å². The number of hydrogen-bond acceptors (Lipinski definition) is 5. The van der Waals surface area contributed by atoms with Crippen LogP contribution < -0.4 is 15.4 Å². The van der Waals surface area contributed by atoms with Crippen molar-refractivity contribution in [2.45, 2.75) is 13.3 Å². The molecule has 22 heavy (non-hydrogen) atoms. The predicted octanol–water partition coefficient (Wildman–Crippen LogP) is 3.05. The zero-order valence-electron chi connectivity index (χ0n) is 13.1. The van der Waals surface area contributed by atoms with E-state index in [-0.39, 0.29) is 0 Å². The Morgan fingerprint density at radius 3 is 2.86 bits per heavy atom. The molecule has 0 aliphatic rings. The Bertz CT molecular complexity index is 628. The van der Waals surface area contributed by atoms with E-state index in [9.17, 15) is 0 Å². The average Bonchev–Trinajstić information content (AvgIpc) is 2.53. The second-order valence-corrected chi connectivity index (χ2v) is 4.92. The van der Waals surface area contributed by atoms with Crippen LogP contribution >= 0.6 is 0 Å². The summed E-state index contributed by atoms with van der Waals surface area (Å²) < 4.78 is 5.23. The Kier molecular flexibility index (Phi) is 5.77. The number of aryl methyl sites for hydroxylation is 1. The first-order chi connectivity index (χ1) is 10.7. The summed E-state index contributed by atoms with van der Waals surface area (Å²) in [7, 11) is 1.68. The van der Waals surface area contributed by atoms with Crippen molar-refractivity contribution in [2.24, 2.45) is 0 Å². The first kappa shape index (κ1) is 15.8. The first-order valence-electron chi connectivity index (χ1n) is 7.28. The molecular formula is C17H22N4O. The fourth-order valence-electron chi connectivity index (χ4n) is 2.06. The van der Waals surface area contributed by atoms with E-state index in [1.165, 1.54) is 5.56 Å². The van der Waals surface area contributed by atoms with Gasteiger partial charge in [0.25, 0.3) is 0 Å². The number of anilines is 2. The molecule has 0 fully saturated rings. The molecule has 0 spiro atoms. The lowest BCUT2D eigenvalue weighted by atomic mass is 10.1. The van der Waals surface area contributed by atoms with Gasteiger partial charge in [-0.05, 0) is 31.0 Å². The second kappa shape index (κ2) is 8.02. The van der Waals surface area contributed by atoms with E-state index >= 15 is 0 Å². The molecule has 0 amide bonds. The molecule has 2 N–H and O–H groups in total. The van der Waals surface area contributed by atoms with Crippen LogP contribution in [0.1, 0.15) is 11.3 Å². The minimum Gasteiger partial charge on any atom is -0.497 e. The molecule has 2 aromatic rings. The van der Waals surface area contributed by atoms with Crippen LogP contribution in [0.5, 0.6) is 5.75 Å². The molecule has 0 saturated heterocycles. The molecule has 0 atom stereocenters. The van der Waals surface area contributed by atoms with Crippen molar-refractivity contribution >= 4 is 11.8 Å². The minimum atomic E-state index is 0.634. The molecule has 1 aromatic carbocycles. The molecular weight excluding hydrogens is 276 g/mol. The minimum absolute atomic E-state index is 0.634. The Labute approximate surface area is 131 Å². The maximum absolute atomic E-state index is 5.23. The maximum atomic E-state index is 5.23. The summed E-state index contributed by atoms with van der Waals surface area (Å²) in [5.74, 6) is 2.31. The fourth-order valence-corrected chi connectivity index (χ4v) is 2.06. The van der Waals surface area contributed by atoms with Crippen molar-refractivity contribution in [3.63, 3.8) is 0 Å². The van der Waals surface area contributed by atoms with Crippen molar-refractivity contribution in [3.05, 3.63) is 54.2 Å². The summed E-state index contributed by atoms with van der Waals surface area (Å²) in [6, 6.07) is 9.97. The lowest BCUT2D eigenvalue weighted by molar-refractivity contribution is 0.414. The molecule has 0 unspecified atom stereocenters. The smallest absolute Gasteiger partial charge is 0.224 e. The molecule has 2 rings (SSSR count). The van der Waals surface area contributed by atoms with Crippen molar-refractivity contribution in [1.82, 2.24) is 9.97 Å². The van der Waals surface area contributed by atoms with Gasteiger partial charge in [0.1, 0.15) is 11.6 Å². The molecule has 5 nitrogen and oxygen atoms in total. The Hall–Kier alpha value is -2.56. The SMILES string of the molecule is C=CCNc1cc(C)nc(NCCc2cccc(OC)c2)n1. The number of hydrogen-bond donors (Lipinski definition) is 2. The van der Waals surface area contributed by atoms with E-state index in [1.807, 2.05) is 31.2 Å². The number of methoxy groups -OCH3 is 1. The molecule has 0 aliphatic carbocycles. The standard InChI is InChI=1S/C17H22N4O/c1-4-9-18-16-11-13(2)20-17(21-16)19-10-8-14-6-5-7-15(12-14)22-3/h4-7,11-12H,1,8-10H2,2-3H3,(H2,18,19,20,21). The van der Waals surface area contributed by atoms with Gasteiger partial charge in [-0.2, -0.15) is 4.98 Å². The Morgan fingerprint density at radius 2 is 2.09 bits per heavy atom. The van der Waals surface area contributed by atoms with Crippen LogP contribution in [-0.4, -0.2) is 30.2 Å². The van der Waals surface area contributed by atoms with Gasteiger partial charge in [0.05, 0.1) is 7.11 Å². The highest BCUT2D eigenvalue weighted by Gasteiger charge is 2.02.